The zero-order valence-corrected chi connectivity index (χ0v) is 10.8. The lowest BCUT2D eigenvalue weighted by molar-refractivity contribution is 0.152. The summed E-state index contributed by atoms with van der Waals surface area (Å²) >= 11 is 0. The summed E-state index contributed by atoms with van der Waals surface area (Å²) in [5.41, 5.74) is 1.19. The number of nitrogens with zero attached hydrogens (tertiary/aromatic N) is 2. The summed E-state index contributed by atoms with van der Waals surface area (Å²) in [5, 5.41) is 0. The molecule has 2 heteroatoms. The first-order valence-electron chi connectivity index (χ1n) is 6.22. The van der Waals surface area contributed by atoms with Gasteiger partial charge in [0.25, 0.3) is 0 Å². The predicted molar refractivity (Wildman–Crippen MR) is 72.2 cm³/mol. The fraction of sp³-hybridized carbons (Fsp3) is 0.643. The molecule has 16 heavy (non-hydrogen) atoms. The fourth-order valence-corrected chi connectivity index (χ4v) is 2.39. The third-order valence-electron chi connectivity index (χ3n) is 3.21. The van der Waals surface area contributed by atoms with Crippen molar-refractivity contribution >= 4 is 5.71 Å². The van der Waals surface area contributed by atoms with Crippen molar-refractivity contribution in [1.82, 2.24) is 4.90 Å². The van der Waals surface area contributed by atoms with Gasteiger partial charge in [-0.1, -0.05) is 25.2 Å². The zero-order chi connectivity index (χ0) is 12.0. The van der Waals surface area contributed by atoms with Crippen LogP contribution in [-0.4, -0.2) is 36.3 Å². The van der Waals surface area contributed by atoms with Crippen LogP contribution in [0.2, 0.25) is 0 Å². The Morgan fingerprint density at radius 3 is 2.75 bits per heavy atom. The van der Waals surface area contributed by atoms with Crippen molar-refractivity contribution in [3.05, 3.63) is 24.8 Å². The molecule has 1 heterocycles. The second kappa shape index (κ2) is 6.64. The first-order valence-corrected chi connectivity index (χ1v) is 6.22. The maximum absolute atomic E-state index is 4.42. The quantitative estimate of drug-likeness (QED) is 0.525. The Morgan fingerprint density at radius 2 is 2.19 bits per heavy atom. The van der Waals surface area contributed by atoms with Crippen molar-refractivity contribution in [2.45, 2.75) is 45.2 Å². The van der Waals surface area contributed by atoms with Gasteiger partial charge in [0, 0.05) is 13.1 Å². The van der Waals surface area contributed by atoms with Crippen LogP contribution in [0.5, 0.6) is 0 Å². The van der Waals surface area contributed by atoms with Gasteiger partial charge >= 0.3 is 0 Å². The molecule has 1 atom stereocenters. The van der Waals surface area contributed by atoms with E-state index in [1.807, 2.05) is 19.2 Å². The second-order valence-electron chi connectivity index (χ2n) is 4.59. The first-order chi connectivity index (χ1) is 7.70. The van der Waals surface area contributed by atoms with Gasteiger partial charge in [-0.15, -0.1) is 0 Å². The van der Waals surface area contributed by atoms with Crippen LogP contribution in [-0.2, 0) is 0 Å². The average molecular weight is 220 g/mol. The molecule has 0 aromatic heterocycles. The topological polar surface area (TPSA) is 15.6 Å². The second-order valence-corrected chi connectivity index (χ2v) is 4.59. The van der Waals surface area contributed by atoms with Gasteiger partial charge in [-0.3, -0.25) is 9.89 Å². The molecule has 0 aliphatic carbocycles. The number of allylic oxidation sites excluding steroid dienone is 2. The van der Waals surface area contributed by atoms with E-state index in [-0.39, 0.29) is 0 Å². The number of hydrogen-bond acceptors (Lipinski definition) is 2. The molecule has 0 radical (unpaired) electrons. The monoisotopic (exact) mass is 220 g/mol. The van der Waals surface area contributed by atoms with Crippen molar-refractivity contribution < 1.29 is 0 Å². The number of piperidine rings is 1. The van der Waals surface area contributed by atoms with Crippen molar-refractivity contribution in [1.29, 1.82) is 0 Å². The SMILES string of the molecule is C=C/C=C\C(=NC)C1CCCCN1C(C)C. The van der Waals surface area contributed by atoms with E-state index >= 15 is 0 Å². The molecule has 1 rings (SSSR count). The molecule has 1 aliphatic heterocycles. The van der Waals surface area contributed by atoms with E-state index in [1.54, 1.807) is 0 Å². The van der Waals surface area contributed by atoms with Crippen LogP contribution < -0.4 is 0 Å². The third-order valence-corrected chi connectivity index (χ3v) is 3.21. The van der Waals surface area contributed by atoms with E-state index in [2.05, 4.69) is 36.4 Å². The smallest absolute Gasteiger partial charge is 0.0518 e. The summed E-state index contributed by atoms with van der Waals surface area (Å²) in [7, 11) is 1.88. The molecule has 1 saturated heterocycles. The van der Waals surface area contributed by atoms with Crippen LogP contribution in [0.1, 0.15) is 33.1 Å². The summed E-state index contributed by atoms with van der Waals surface area (Å²) in [6.45, 7) is 9.44. The Kier molecular flexibility index (Phi) is 5.47. The minimum absolute atomic E-state index is 0.495. The molecule has 0 spiro atoms. The molecule has 0 aromatic carbocycles. The van der Waals surface area contributed by atoms with Crippen LogP contribution >= 0.6 is 0 Å². The van der Waals surface area contributed by atoms with Gasteiger partial charge in [-0.2, -0.15) is 0 Å². The molecule has 0 amide bonds. The first kappa shape index (κ1) is 13.2. The Hall–Kier alpha value is -0.890. The summed E-state index contributed by atoms with van der Waals surface area (Å²) in [4.78, 5) is 6.98. The molecular formula is C14H24N2. The highest BCUT2D eigenvalue weighted by atomic mass is 15.2. The van der Waals surface area contributed by atoms with Crippen LogP contribution in [0.15, 0.2) is 29.8 Å². The van der Waals surface area contributed by atoms with E-state index in [0.29, 0.717) is 12.1 Å². The minimum Gasteiger partial charge on any atom is -0.292 e. The Morgan fingerprint density at radius 1 is 1.44 bits per heavy atom. The number of likely N-dealkylation sites (tertiary alicyclic amines) is 1. The van der Waals surface area contributed by atoms with Gasteiger partial charge < -0.3 is 0 Å². The molecule has 2 nitrogen and oxygen atoms in total. The summed E-state index contributed by atoms with van der Waals surface area (Å²) < 4.78 is 0. The number of aliphatic imine (C=N–C) groups is 1. The molecule has 1 aliphatic rings. The van der Waals surface area contributed by atoms with Gasteiger partial charge in [0.05, 0.1) is 11.8 Å². The fourth-order valence-electron chi connectivity index (χ4n) is 2.39. The van der Waals surface area contributed by atoms with E-state index < -0.39 is 0 Å². The van der Waals surface area contributed by atoms with Crippen molar-refractivity contribution in [2.24, 2.45) is 4.99 Å². The molecular weight excluding hydrogens is 196 g/mol. The van der Waals surface area contributed by atoms with Crippen molar-refractivity contribution in [3.63, 3.8) is 0 Å². The molecule has 0 aromatic rings. The van der Waals surface area contributed by atoms with Crippen LogP contribution in [0.3, 0.4) is 0 Å². The highest BCUT2D eigenvalue weighted by molar-refractivity contribution is 5.99. The number of hydrogen-bond donors (Lipinski definition) is 0. The molecule has 1 fully saturated rings. The Bertz CT molecular complexity index is 276. The molecule has 0 N–H and O–H groups in total. The van der Waals surface area contributed by atoms with Crippen LogP contribution in [0, 0.1) is 0 Å². The normalized spacial score (nSPS) is 24.2. The molecule has 90 valence electrons. The molecule has 0 saturated carbocycles. The lowest BCUT2D eigenvalue weighted by Gasteiger charge is -2.38. The van der Waals surface area contributed by atoms with Gasteiger partial charge in [-0.25, -0.2) is 0 Å². The largest absolute Gasteiger partial charge is 0.292 e. The lowest BCUT2D eigenvalue weighted by atomic mass is 9.96. The predicted octanol–water partition coefficient (Wildman–Crippen LogP) is 3.06. The average Bonchev–Trinajstić information content (AvgIpc) is 2.30. The van der Waals surface area contributed by atoms with Gasteiger partial charge in [0.15, 0.2) is 0 Å². The Labute approximate surface area is 99.8 Å². The van der Waals surface area contributed by atoms with E-state index in [1.165, 1.54) is 31.5 Å². The summed E-state index contributed by atoms with van der Waals surface area (Å²) in [5.74, 6) is 0. The van der Waals surface area contributed by atoms with E-state index in [9.17, 15) is 0 Å². The maximum atomic E-state index is 4.42. The zero-order valence-electron chi connectivity index (χ0n) is 10.8. The molecule has 0 bridgehead atoms. The van der Waals surface area contributed by atoms with E-state index in [0.717, 1.165) is 0 Å². The summed E-state index contributed by atoms with van der Waals surface area (Å²) in [6.07, 6.45) is 9.75. The Balaban J connectivity index is 2.80. The van der Waals surface area contributed by atoms with Crippen LogP contribution in [0.25, 0.3) is 0 Å². The van der Waals surface area contributed by atoms with Crippen LogP contribution in [0.4, 0.5) is 0 Å². The summed E-state index contributed by atoms with van der Waals surface area (Å²) in [6, 6.07) is 1.09. The van der Waals surface area contributed by atoms with Crippen molar-refractivity contribution in [3.8, 4) is 0 Å². The lowest BCUT2D eigenvalue weighted by Crippen LogP contribution is -2.47. The van der Waals surface area contributed by atoms with Gasteiger partial charge in [0.1, 0.15) is 0 Å². The molecule has 1 unspecified atom stereocenters. The standard InChI is InChI=1S/C14H24N2/c1-5-6-9-13(15-4)14-10-7-8-11-16(14)12(2)3/h5-6,9,12,14H,1,7-8,10-11H2,2-4H3/b9-6-,15-13?. The highest BCUT2D eigenvalue weighted by Crippen LogP contribution is 2.21. The highest BCUT2D eigenvalue weighted by Gasteiger charge is 2.26. The maximum Gasteiger partial charge on any atom is 0.0518 e. The van der Waals surface area contributed by atoms with Gasteiger partial charge in [0.2, 0.25) is 0 Å². The van der Waals surface area contributed by atoms with E-state index in [4.69, 9.17) is 0 Å². The third kappa shape index (κ3) is 3.31. The van der Waals surface area contributed by atoms with Gasteiger partial charge in [-0.05, 0) is 39.3 Å². The minimum atomic E-state index is 0.495. The number of rotatable bonds is 4. The van der Waals surface area contributed by atoms with Crippen molar-refractivity contribution in [2.75, 3.05) is 13.6 Å².